The van der Waals surface area contributed by atoms with Gasteiger partial charge in [-0.2, -0.15) is 0 Å². The van der Waals surface area contributed by atoms with Gasteiger partial charge < -0.3 is 0 Å². The molecule has 0 radical (unpaired) electrons. The molecule has 2 aromatic rings. The molecule has 0 aliphatic carbocycles. The van der Waals surface area contributed by atoms with Crippen molar-refractivity contribution in [2.45, 2.75) is 25.7 Å². The fourth-order valence-corrected chi connectivity index (χ4v) is 3.09. The summed E-state index contributed by atoms with van der Waals surface area (Å²) in [5.74, 6) is -0.806. The predicted molar refractivity (Wildman–Crippen MR) is 98.3 cm³/mol. The molecule has 1 fully saturated rings. The summed E-state index contributed by atoms with van der Waals surface area (Å²) in [6, 6.07) is 19.1. The molecule has 26 heavy (non-hydrogen) atoms. The van der Waals surface area contributed by atoms with Gasteiger partial charge in [0.05, 0.1) is 0 Å². The topological polar surface area (TPSA) is 57.7 Å². The Kier molecular flexibility index (Phi) is 5.79. The van der Waals surface area contributed by atoms with Crippen LogP contribution in [0.4, 0.5) is 4.79 Å². The molecule has 5 nitrogen and oxygen atoms in total. The van der Waals surface area contributed by atoms with Crippen molar-refractivity contribution in [3.8, 4) is 0 Å². The van der Waals surface area contributed by atoms with Gasteiger partial charge in [0.1, 0.15) is 6.42 Å². The number of hydrogen-bond donors (Lipinski definition) is 0. The molecule has 0 unspecified atom stereocenters. The Morgan fingerprint density at radius 2 is 1.15 bits per heavy atom. The third kappa shape index (κ3) is 4.36. The number of rotatable bonds is 7. The fraction of sp³-hybridized carbons (Fsp3) is 0.286. The number of nitrogens with zero attached hydrogens (tertiary/aromatic N) is 2. The number of barbiturate groups is 1. The normalized spacial score (nSPS) is 14.8. The molecule has 0 atom stereocenters. The van der Waals surface area contributed by atoms with Crippen molar-refractivity contribution in [1.29, 1.82) is 0 Å². The van der Waals surface area contributed by atoms with Crippen molar-refractivity contribution >= 4 is 17.8 Å². The molecule has 1 heterocycles. The van der Waals surface area contributed by atoms with Crippen molar-refractivity contribution < 1.29 is 14.4 Å². The van der Waals surface area contributed by atoms with Crippen molar-refractivity contribution in [2.24, 2.45) is 0 Å². The van der Waals surface area contributed by atoms with Crippen LogP contribution in [0.25, 0.3) is 0 Å². The number of carbonyl (C=O) groups is 3. The second-order valence-corrected chi connectivity index (χ2v) is 6.37. The highest BCUT2D eigenvalue weighted by atomic mass is 16.2. The van der Waals surface area contributed by atoms with Crippen LogP contribution in [0.3, 0.4) is 0 Å². The van der Waals surface area contributed by atoms with E-state index in [0.717, 1.165) is 12.0 Å². The third-order valence-electron chi connectivity index (χ3n) is 4.52. The Bertz CT molecular complexity index is 774. The maximum absolute atomic E-state index is 12.6. The number of carbonyl (C=O) groups excluding carboxylic acids is 3. The second kappa shape index (κ2) is 8.43. The van der Waals surface area contributed by atoms with E-state index in [0.29, 0.717) is 25.9 Å². The molecule has 134 valence electrons. The van der Waals surface area contributed by atoms with Crippen LogP contribution in [0.15, 0.2) is 60.7 Å². The predicted octanol–water partition coefficient (Wildman–Crippen LogP) is 3.04. The first-order valence-electron chi connectivity index (χ1n) is 8.87. The summed E-state index contributed by atoms with van der Waals surface area (Å²) in [4.78, 5) is 39.3. The van der Waals surface area contributed by atoms with Crippen LogP contribution in [-0.2, 0) is 22.4 Å². The lowest BCUT2D eigenvalue weighted by atomic mass is 10.1. The molecule has 4 amide bonds. The van der Waals surface area contributed by atoms with Gasteiger partial charge >= 0.3 is 6.03 Å². The van der Waals surface area contributed by atoms with Gasteiger partial charge in [0, 0.05) is 13.1 Å². The Morgan fingerprint density at radius 3 is 1.73 bits per heavy atom. The lowest BCUT2D eigenvalue weighted by Crippen LogP contribution is -2.55. The average molecular weight is 350 g/mol. The number of aryl methyl sites for hydroxylation is 1. The van der Waals surface area contributed by atoms with E-state index in [4.69, 9.17) is 0 Å². The fourth-order valence-electron chi connectivity index (χ4n) is 3.09. The van der Waals surface area contributed by atoms with Gasteiger partial charge in [-0.3, -0.25) is 19.4 Å². The first kappa shape index (κ1) is 17.9. The number of urea groups is 1. The van der Waals surface area contributed by atoms with E-state index >= 15 is 0 Å². The number of imide groups is 2. The number of benzene rings is 2. The van der Waals surface area contributed by atoms with Gasteiger partial charge in [-0.05, 0) is 30.4 Å². The van der Waals surface area contributed by atoms with Crippen LogP contribution >= 0.6 is 0 Å². The minimum atomic E-state index is -0.491. The molecular weight excluding hydrogens is 328 g/mol. The highest BCUT2D eigenvalue weighted by Gasteiger charge is 2.37. The first-order chi connectivity index (χ1) is 12.6. The van der Waals surface area contributed by atoms with E-state index in [1.807, 2.05) is 60.7 Å². The standard InChI is InChI=1S/C21H22N2O3/c24-19-16-20(25)23(15-13-18-10-5-2-6-11-18)21(26)22(19)14-7-12-17-8-3-1-4-9-17/h1-6,8-11H,7,12-16H2. The highest BCUT2D eigenvalue weighted by molar-refractivity contribution is 6.14. The summed E-state index contributed by atoms with van der Waals surface area (Å²) in [6.45, 7) is 0.631. The Morgan fingerprint density at radius 1 is 0.654 bits per heavy atom. The van der Waals surface area contributed by atoms with Crippen LogP contribution < -0.4 is 0 Å². The van der Waals surface area contributed by atoms with Crippen LogP contribution in [-0.4, -0.2) is 40.7 Å². The lowest BCUT2D eigenvalue weighted by molar-refractivity contribution is -0.142. The lowest BCUT2D eigenvalue weighted by Gasteiger charge is -2.32. The third-order valence-corrected chi connectivity index (χ3v) is 4.52. The van der Waals surface area contributed by atoms with Crippen molar-refractivity contribution in [2.75, 3.05) is 13.1 Å². The summed E-state index contributed by atoms with van der Waals surface area (Å²) in [5, 5.41) is 0. The molecule has 0 spiro atoms. The molecule has 2 aromatic carbocycles. The minimum absolute atomic E-state index is 0.230. The van der Waals surface area contributed by atoms with Crippen LogP contribution in [0, 0.1) is 0 Å². The van der Waals surface area contributed by atoms with Gasteiger partial charge in [0.15, 0.2) is 0 Å². The second-order valence-electron chi connectivity index (χ2n) is 6.37. The molecule has 0 bridgehead atoms. The van der Waals surface area contributed by atoms with Crippen LogP contribution in [0.2, 0.25) is 0 Å². The van der Waals surface area contributed by atoms with E-state index in [1.54, 1.807) is 0 Å². The van der Waals surface area contributed by atoms with Crippen molar-refractivity contribution in [3.63, 3.8) is 0 Å². The van der Waals surface area contributed by atoms with Crippen LogP contribution in [0.1, 0.15) is 24.0 Å². The van der Waals surface area contributed by atoms with E-state index in [1.165, 1.54) is 15.4 Å². The number of hydrogen-bond acceptors (Lipinski definition) is 3. The average Bonchev–Trinajstić information content (AvgIpc) is 2.66. The highest BCUT2D eigenvalue weighted by Crippen LogP contribution is 2.15. The maximum Gasteiger partial charge on any atom is 0.333 e. The summed E-state index contributed by atoms with van der Waals surface area (Å²) in [7, 11) is 0. The van der Waals surface area contributed by atoms with Crippen molar-refractivity contribution in [3.05, 3.63) is 71.8 Å². The molecule has 3 rings (SSSR count). The molecule has 1 saturated heterocycles. The SMILES string of the molecule is O=C1CC(=O)N(CCc2ccccc2)C(=O)N1CCCc1ccccc1. The van der Waals surface area contributed by atoms with E-state index < -0.39 is 17.8 Å². The zero-order valence-corrected chi connectivity index (χ0v) is 14.6. The van der Waals surface area contributed by atoms with Crippen LogP contribution in [0.5, 0.6) is 0 Å². The van der Waals surface area contributed by atoms with Gasteiger partial charge in [-0.15, -0.1) is 0 Å². The molecule has 1 aliphatic heterocycles. The van der Waals surface area contributed by atoms with Crippen molar-refractivity contribution in [1.82, 2.24) is 9.80 Å². The monoisotopic (exact) mass is 350 g/mol. The quantitative estimate of drug-likeness (QED) is 0.721. The van der Waals surface area contributed by atoms with Gasteiger partial charge in [0.2, 0.25) is 11.8 Å². The maximum atomic E-state index is 12.6. The smallest absolute Gasteiger partial charge is 0.274 e. The summed E-state index contributed by atoms with van der Waals surface area (Å²) in [5.41, 5.74) is 2.22. The van der Waals surface area contributed by atoms with E-state index in [2.05, 4.69) is 0 Å². The van der Waals surface area contributed by atoms with Gasteiger partial charge in [-0.1, -0.05) is 60.7 Å². The zero-order valence-electron chi connectivity index (χ0n) is 14.6. The van der Waals surface area contributed by atoms with E-state index in [9.17, 15) is 14.4 Å². The molecule has 1 aliphatic rings. The Labute approximate surface area is 153 Å². The number of amides is 4. The van der Waals surface area contributed by atoms with Gasteiger partial charge in [0.25, 0.3) is 0 Å². The Balaban J connectivity index is 1.58. The summed E-state index contributed by atoms with van der Waals surface area (Å²) in [6.07, 6.45) is 1.83. The molecule has 0 N–H and O–H groups in total. The molecule has 0 saturated carbocycles. The molecule has 5 heteroatoms. The van der Waals surface area contributed by atoms with Gasteiger partial charge in [-0.25, -0.2) is 4.79 Å². The van der Waals surface area contributed by atoms with E-state index in [-0.39, 0.29) is 6.42 Å². The molecular formula is C21H22N2O3. The zero-order chi connectivity index (χ0) is 18.4. The summed E-state index contributed by atoms with van der Waals surface area (Å²) >= 11 is 0. The first-order valence-corrected chi connectivity index (χ1v) is 8.87. The summed E-state index contributed by atoms with van der Waals surface area (Å²) < 4.78 is 0. The largest absolute Gasteiger partial charge is 0.333 e. The Hall–Kier alpha value is -2.95. The minimum Gasteiger partial charge on any atom is -0.274 e. The molecule has 0 aromatic heterocycles.